The number of nitrogens with one attached hydrogen (secondary N) is 1. The summed E-state index contributed by atoms with van der Waals surface area (Å²) in [6.45, 7) is 3.24. The van der Waals surface area contributed by atoms with Crippen molar-refractivity contribution in [2.75, 3.05) is 18.6 Å². The third-order valence-electron chi connectivity index (χ3n) is 2.60. The van der Waals surface area contributed by atoms with Crippen LogP contribution in [0.5, 0.6) is 0 Å². The van der Waals surface area contributed by atoms with Gasteiger partial charge in [0.05, 0.1) is 18.5 Å². The Morgan fingerprint density at radius 3 is 2.89 bits per heavy atom. The van der Waals surface area contributed by atoms with E-state index in [4.69, 9.17) is 10.6 Å². The summed E-state index contributed by atoms with van der Waals surface area (Å²) in [5.41, 5.74) is 4.28. The molecule has 0 aliphatic rings. The van der Waals surface area contributed by atoms with Crippen LogP contribution in [-0.4, -0.2) is 33.0 Å². The molecule has 0 radical (unpaired) electrons. The quantitative estimate of drug-likeness (QED) is 0.453. The highest BCUT2D eigenvalue weighted by atomic mass is 16.5. The van der Waals surface area contributed by atoms with Gasteiger partial charge >= 0.3 is 0 Å². The number of nitrogen functional groups attached to an aromatic ring is 1. The Labute approximate surface area is 111 Å². The predicted octanol–water partition coefficient (Wildman–Crippen LogP) is 0.742. The van der Waals surface area contributed by atoms with Crippen molar-refractivity contribution < 1.29 is 4.74 Å². The Kier molecular flexibility index (Phi) is 4.43. The third kappa shape index (κ3) is 3.49. The molecule has 7 nitrogen and oxygen atoms in total. The van der Waals surface area contributed by atoms with Crippen LogP contribution >= 0.6 is 0 Å². The fraction of sp³-hybridized carbons (Fsp3) is 0.417. The number of nitrogens with zero attached hydrogens (tertiary/aromatic N) is 4. The highest BCUT2D eigenvalue weighted by Gasteiger charge is 2.08. The molecule has 0 aromatic carbocycles. The van der Waals surface area contributed by atoms with Crippen molar-refractivity contribution in [2.45, 2.75) is 13.3 Å². The molecule has 0 aliphatic heterocycles. The lowest BCUT2D eigenvalue weighted by atomic mass is 10.2. The van der Waals surface area contributed by atoms with Crippen molar-refractivity contribution in [2.24, 2.45) is 12.9 Å². The van der Waals surface area contributed by atoms with E-state index in [0.29, 0.717) is 31.3 Å². The molecule has 0 unspecified atom stereocenters. The first-order valence-corrected chi connectivity index (χ1v) is 6.14. The summed E-state index contributed by atoms with van der Waals surface area (Å²) in [6.07, 6.45) is 4.31. The molecule has 0 amide bonds. The van der Waals surface area contributed by atoms with Crippen LogP contribution in [0.1, 0.15) is 12.7 Å². The molecule has 0 bridgehead atoms. The maximum Gasteiger partial charge on any atom is 0.144 e. The lowest BCUT2D eigenvalue weighted by molar-refractivity contribution is 0.149. The standard InChI is InChI=1S/C12H18N6O/c1-3-19-5-4-11-15-10(6-12(16-11)17-13)9-7-14-18(2)8-9/h6-8H,3-5,13H2,1-2H3,(H,15,16,17). The summed E-state index contributed by atoms with van der Waals surface area (Å²) >= 11 is 0. The summed E-state index contributed by atoms with van der Waals surface area (Å²) in [5, 5.41) is 4.13. The lowest BCUT2D eigenvalue weighted by Gasteiger charge is -2.06. The Bertz CT molecular complexity index is 539. The number of aromatic nitrogens is 4. The van der Waals surface area contributed by atoms with Crippen LogP contribution in [-0.2, 0) is 18.2 Å². The van der Waals surface area contributed by atoms with Gasteiger partial charge in [-0.1, -0.05) is 0 Å². The zero-order valence-corrected chi connectivity index (χ0v) is 11.1. The van der Waals surface area contributed by atoms with E-state index in [1.807, 2.05) is 20.2 Å². The van der Waals surface area contributed by atoms with Gasteiger partial charge in [-0.2, -0.15) is 5.10 Å². The van der Waals surface area contributed by atoms with E-state index in [2.05, 4.69) is 20.5 Å². The van der Waals surface area contributed by atoms with E-state index in [0.717, 1.165) is 11.3 Å². The maximum atomic E-state index is 5.43. The van der Waals surface area contributed by atoms with E-state index in [1.54, 1.807) is 16.9 Å². The molecule has 0 atom stereocenters. The molecule has 3 N–H and O–H groups in total. The number of aryl methyl sites for hydroxylation is 1. The maximum absolute atomic E-state index is 5.43. The minimum Gasteiger partial charge on any atom is -0.381 e. The molecule has 2 heterocycles. The first-order valence-electron chi connectivity index (χ1n) is 6.14. The largest absolute Gasteiger partial charge is 0.381 e. The molecule has 2 aromatic rings. The summed E-state index contributed by atoms with van der Waals surface area (Å²) in [4.78, 5) is 8.80. The molecule has 0 spiro atoms. The second-order valence-corrected chi connectivity index (χ2v) is 4.05. The van der Waals surface area contributed by atoms with E-state index in [-0.39, 0.29) is 0 Å². The lowest BCUT2D eigenvalue weighted by Crippen LogP contribution is -2.12. The average molecular weight is 262 g/mol. The van der Waals surface area contributed by atoms with Crippen LogP contribution in [0.25, 0.3) is 11.3 Å². The fourth-order valence-corrected chi connectivity index (χ4v) is 1.69. The number of hydrazine groups is 1. The molecule has 0 aliphatic carbocycles. The van der Waals surface area contributed by atoms with Gasteiger partial charge in [-0.15, -0.1) is 0 Å². The van der Waals surface area contributed by atoms with Crippen molar-refractivity contribution in [1.82, 2.24) is 19.7 Å². The zero-order chi connectivity index (χ0) is 13.7. The predicted molar refractivity (Wildman–Crippen MR) is 72.2 cm³/mol. The summed E-state index contributed by atoms with van der Waals surface area (Å²) in [5.74, 6) is 6.71. The van der Waals surface area contributed by atoms with Crippen LogP contribution in [0.3, 0.4) is 0 Å². The number of nitrogens with two attached hydrogens (primary N) is 1. The van der Waals surface area contributed by atoms with Crippen LogP contribution < -0.4 is 11.3 Å². The highest BCUT2D eigenvalue weighted by Crippen LogP contribution is 2.18. The van der Waals surface area contributed by atoms with Crippen molar-refractivity contribution in [3.8, 4) is 11.3 Å². The van der Waals surface area contributed by atoms with Crippen molar-refractivity contribution in [3.05, 3.63) is 24.3 Å². The number of hydrogen-bond donors (Lipinski definition) is 2. The van der Waals surface area contributed by atoms with Gasteiger partial charge in [0, 0.05) is 37.9 Å². The van der Waals surface area contributed by atoms with Gasteiger partial charge in [-0.3, -0.25) is 4.68 Å². The highest BCUT2D eigenvalue weighted by molar-refractivity contribution is 5.60. The summed E-state index contributed by atoms with van der Waals surface area (Å²) in [6, 6.07) is 1.79. The van der Waals surface area contributed by atoms with Crippen LogP contribution in [0.4, 0.5) is 5.82 Å². The fourth-order valence-electron chi connectivity index (χ4n) is 1.69. The Morgan fingerprint density at radius 2 is 2.26 bits per heavy atom. The van der Waals surface area contributed by atoms with Crippen molar-refractivity contribution in [1.29, 1.82) is 0 Å². The molecule has 102 valence electrons. The average Bonchev–Trinajstić information content (AvgIpc) is 2.85. The van der Waals surface area contributed by atoms with Crippen LogP contribution in [0.2, 0.25) is 0 Å². The van der Waals surface area contributed by atoms with E-state index in [1.165, 1.54) is 0 Å². The van der Waals surface area contributed by atoms with Gasteiger partial charge in [-0.25, -0.2) is 15.8 Å². The molecule has 7 heteroatoms. The second kappa shape index (κ2) is 6.26. The first-order chi connectivity index (χ1) is 9.22. The van der Waals surface area contributed by atoms with Gasteiger partial charge in [0.2, 0.25) is 0 Å². The normalized spacial score (nSPS) is 10.7. The molecule has 19 heavy (non-hydrogen) atoms. The van der Waals surface area contributed by atoms with Crippen LogP contribution in [0.15, 0.2) is 18.5 Å². The molecule has 2 rings (SSSR count). The topological polar surface area (TPSA) is 90.9 Å². The molecule has 0 saturated carbocycles. The SMILES string of the molecule is CCOCCc1nc(NN)cc(-c2cnn(C)c2)n1. The van der Waals surface area contributed by atoms with Gasteiger partial charge in [0.25, 0.3) is 0 Å². The number of anilines is 1. The molecular weight excluding hydrogens is 244 g/mol. The van der Waals surface area contributed by atoms with E-state index in [9.17, 15) is 0 Å². The van der Waals surface area contributed by atoms with Crippen LogP contribution in [0, 0.1) is 0 Å². The first kappa shape index (κ1) is 13.4. The molecule has 0 fully saturated rings. The van der Waals surface area contributed by atoms with Crippen molar-refractivity contribution >= 4 is 5.82 Å². The van der Waals surface area contributed by atoms with Crippen molar-refractivity contribution in [3.63, 3.8) is 0 Å². The molecular formula is C12H18N6O. The number of rotatable bonds is 6. The second-order valence-electron chi connectivity index (χ2n) is 4.05. The zero-order valence-electron chi connectivity index (χ0n) is 11.1. The monoisotopic (exact) mass is 262 g/mol. The molecule has 2 aromatic heterocycles. The van der Waals surface area contributed by atoms with E-state index < -0.39 is 0 Å². The minimum atomic E-state index is 0.584. The van der Waals surface area contributed by atoms with Gasteiger partial charge in [0.1, 0.15) is 11.6 Å². The van der Waals surface area contributed by atoms with Gasteiger partial charge in [-0.05, 0) is 6.92 Å². The number of hydrogen-bond acceptors (Lipinski definition) is 6. The minimum absolute atomic E-state index is 0.584. The van der Waals surface area contributed by atoms with E-state index >= 15 is 0 Å². The Balaban J connectivity index is 2.25. The van der Waals surface area contributed by atoms with Gasteiger partial charge < -0.3 is 10.2 Å². The smallest absolute Gasteiger partial charge is 0.144 e. The summed E-state index contributed by atoms with van der Waals surface area (Å²) in [7, 11) is 1.86. The Hall–Kier alpha value is -1.99. The Morgan fingerprint density at radius 1 is 1.42 bits per heavy atom. The summed E-state index contributed by atoms with van der Waals surface area (Å²) < 4.78 is 7.04. The third-order valence-corrected chi connectivity index (χ3v) is 2.60. The number of ether oxygens (including phenoxy) is 1. The van der Waals surface area contributed by atoms with Gasteiger partial charge in [0.15, 0.2) is 0 Å². The molecule has 0 saturated heterocycles.